The maximum Gasteiger partial charge on any atom is 0.195 e. The second kappa shape index (κ2) is 3.39. The van der Waals surface area contributed by atoms with Crippen LogP contribution in [0, 0.1) is 6.92 Å². The molecular formula is C17H11N3O2. The number of fused-ring (bicyclic) bond motifs is 6. The van der Waals surface area contributed by atoms with Crippen molar-refractivity contribution >= 4 is 49.2 Å². The van der Waals surface area contributed by atoms with E-state index in [9.17, 15) is 9.59 Å². The Morgan fingerprint density at radius 2 is 1.27 bits per heavy atom. The molecule has 5 heteroatoms. The second-order valence-electron chi connectivity index (χ2n) is 5.86. The Bertz CT molecular complexity index is 1220. The van der Waals surface area contributed by atoms with Gasteiger partial charge in [0.05, 0.1) is 16.4 Å². The van der Waals surface area contributed by atoms with Gasteiger partial charge in [-0.15, -0.1) is 0 Å². The number of nitrogens with one attached hydrogen (secondary N) is 2. The number of nitrogens with two attached hydrogens (primary N) is 1. The van der Waals surface area contributed by atoms with Crippen molar-refractivity contribution in [2.75, 3.05) is 5.73 Å². The van der Waals surface area contributed by atoms with Gasteiger partial charge in [-0.05, 0) is 31.2 Å². The van der Waals surface area contributed by atoms with E-state index in [2.05, 4.69) is 9.97 Å². The molecule has 0 unspecified atom stereocenters. The van der Waals surface area contributed by atoms with Crippen LogP contribution in [0.4, 0.5) is 5.82 Å². The molecule has 0 radical (unpaired) electrons. The summed E-state index contributed by atoms with van der Waals surface area (Å²) in [5.41, 5.74) is 8.14. The van der Waals surface area contributed by atoms with Crippen molar-refractivity contribution in [3.05, 3.63) is 50.4 Å². The Morgan fingerprint density at radius 3 is 1.91 bits per heavy atom. The van der Waals surface area contributed by atoms with E-state index in [1.54, 1.807) is 12.1 Å². The summed E-state index contributed by atoms with van der Waals surface area (Å²) in [5, 5.41) is 4.06. The molecule has 106 valence electrons. The lowest BCUT2D eigenvalue weighted by Crippen LogP contribution is -1.95. The van der Waals surface area contributed by atoms with Crippen molar-refractivity contribution in [3.63, 3.8) is 0 Å². The van der Waals surface area contributed by atoms with Gasteiger partial charge in [0.25, 0.3) is 0 Å². The third kappa shape index (κ3) is 1.16. The summed E-state index contributed by atoms with van der Waals surface area (Å²) in [5.74, 6) is 0.455. The van der Waals surface area contributed by atoms with Crippen molar-refractivity contribution in [3.8, 4) is 0 Å². The number of aromatic amines is 2. The highest BCUT2D eigenvalue weighted by Crippen LogP contribution is 2.31. The van der Waals surface area contributed by atoms with Gasteiger partial charge in [-0.3, -0.25) is 9.59 Å². The fourth-order valence-electron chi connectivity index (χ4n) is 3.53. The van der Waals surface area contributed by atoms with E-state index < -0.39 is 0 Å². The van der Waals surface area contributed by atoms with Crippen LogP contribution in [0.3, 0.4) is 0 Å². The lowest BCUT2D eigenvalue weighted by molar-refractivity contribution is 1.31. The van der Waals surface area contributed by atoms with Crippen LogP contribution in [0.1, 0.15) is 5.69 Å². The highest BCUT2D eigenvalue weighted by molar-refractivity contribution is 6.20. The first kappa shape index (κ1) is 11.6. The van der Waals surface area contributed by atoms with Crippen LogP contribution in [-0.2, 0) is 0 Å². The van der Waals surface area contributed by atoms with Crippen molar-refractivity contribution in [2.45, 2.75) is 6.92 Å². The molecule has 0 saturated carbocycles. The Labute approximate surface area is 123 Å². The van der Waals surface area contributed by atoms with Gasteiger partial charge in [-0.1, -0.05) is 0 Å². The number of anilines is 1. The van der Waals surface area contributed by atoms with E-state index in [1.165, 1.54) is 0 Å². The topological polar surface area (TPSA) is 91.7 Å². The summed E-state index contributed by atoms with van der Waals surface area (Å²) in [4.78, 5) is 31.3. The predicted molar refractivity (Wildman–Crippen MR) is 89.2 cm³/mol. The van der Waals surface area contributed by atoms with E-state index >= 15 is 0 Å². The zero-order valence-corrected chi connectivity index (χ0v) is 11.7. The first-order chi connectivity index (χ1) is 10.5. The molecule has 5 rings (SSSR count). The molecule has 22 heavy (non-hydrogen) atoms. The number of H-pyrrole nitrogens is 2. The van der Waals surface area contributed by atoms with E-state index in [4.69, 9.17) is 5.73 Å². The van der Waals surface area contributed by atoms with Crippen LogP contribution in [0.2, 0.25) is 0 Å². The van der Waals surface area contributed by atoms with E-state index in [0.29, 0.717) is 32.9 Å². The Balaban J connectivity index is 2.11. The third-order valence-electron chi connectivity index (χ3n) is 4.47. The van der Waals surface area contributed by atoms with Crippen LogP contribution in [0.25, 0.3) is 43.4 Å². The molecule has 0 amide bonds. The van der Waals surface area contributed by atoms with Gasteiger partial charge in [0.2, 0.25) is 0 Å². The van der Waals surface area contributed by atoms with Crippen LogP contribution in [-0.4, -0.2) is 9.97 Å². The molecule has 5 nitrogen and oxygen atoms in total. The number of rotatable bonds is 0. The normalized spacial score (nSPS) is 12.4. The molecule has 0 bridgehead atoms. The highest BCUT2D eigenvalue weighted by atomic mass is 16.1. The molecule has 5 aromatic rings. The number of aromatic nitrogens is 2. The molecule has 0 fully saturated rings. The number of hydrogen-bond donors (Lipinski definition) is 3. The lowest BCUT2D eigenvalue weighted by atomic mass is 10.1. The second-order valence-corrected chi connectivity index (χ2v) is 5.86. The Kier molecular flexibility index (Phi) is 1.78. The van der Waals surface area contributed by atoms with Crippen LogP contribution < -0.4 is 16.6 Å². The summed E-state index contributed by atoms with van der Waals surface area (Å²) in [7, 11) is 0. The van der Waals surface area contributed by atoms with Gasteiger partial charge >= 0.3 is 0 Å². The minimum Gasteiger partial charge on any atom is -0.385 e. The van der Waals surface area contributed by atoms with Crippen molar-refractivity contribution in [1.29, 1.82) is 0 Å². The van der Waals surface area contributed by atoms with Gasteiger partial charge in [0, 0.05) is 32.6 Å². The maximum absolute atomic E-state index is 12.6. The van der Waals surface area contributed by atoms with Gasteiger partial charge in [0.1, 0.15) is 5.82 Å². The van der Waals surface area contributed by atoms with E-state index in [0.717, 1.165) is 22.0 Å². The van der Waals surface area contributed by atoms with Gasteiger partial charge in [0.15, 0.2) is 10.9 Å². The highest BCUT2D eigenvalue weighted by Gasteiger charge is 2.18. The van der Waals surface area contributed by atoms with E-state index in [-0.39, 0.29) is 10.9 Å². The van der Waals surface area contributed by atoms with Crippen molar-refractivity contribution < 1.29 is 0 Å². The summed E-state index contributed by atoms with van der Waals surface area (Å²) in [6.07, 6.45) is 0. The molecule has 3 aromatic carbocycles. The number of hydrogen-bond acceptors (Lipinski definition) is 3. The fourth-order valence-corrected chi connectivity index (χ4v) is 3.53. The molecule has 0 atom stereocenters. The van der Waals surface area contributed by atoms with Gasteiger partial charge in [-0.25, -0.2) is 0 Å². The predicted octanol–water partition coefficient (Wildman–Crippen LogP) is 2.44. The van der Waals surface area contributed by atoms with E-state index in [1.807, 2.05) is 19.1 Å². The summed E-state index contributed by atoms with van der Waals surface area (Å²) in [6.45, 7) is 1.91. The number of benzene rings is 1. The molecule has 0 aliphatic heterocycles. The number of aryl methyl sites for hydroxylation is 1. The molecule has 0 spiro atoms. The summed E-state index contributed by atoms with van der Waals surface area (Å²) in [6, 6.07) is 7.12. The van der Waals surface area contributed by atoms with Crippen LogP contribution >= 0.6 is 0 Å². The van der Waals surface area contributed by atoms with Gasteiger partial charge in [-0.2, -0.15) is 0 Å². The maximum atomic E-state index is 12.6. The molecule has 0 aliphatic carbocycles. The molecule has 2 heterocycles. The van der Waals surface area contributed by atoms with Gasteiger partial charge < -0.3 is 15.7 Å². The first-order valence-electron chi connectivity index (χ1n) is 7.01. The molecule has 4 N–H and O–H groups in total. The Hall–Kier alpha value is -3.08. The molecule has 2 aromatic heterocycles. The standard InChI is InChI=1S/C17H11N3O2/c1-6-2-11-14(19-6)7-3-10-8(4-9(7)16(11)21)15-12(17(10)22)5-13(18)20-15/h2-5,19-20H,18H2,1H3. The fraction of sp³-hybridized carbons (Fsp3) is 0.0588. The third-order valence-corrected chi connectivity index (χ3v) is 4.47. The average Bonchev–Trinajstić information content (AvgIpc) is 3.17. The quantitative estimate of drug-likeness (QED) is 0.409. The summed E-state index contributed by atoms with van der Waals surface area (Å²) < 4.78 is 0. The Morgan fingerprint density at radius 1 is 0.727 bits per heavy atom. The number of nitrogen functional groups attached to an aromatic ring is 1. The minimum absolute atomic E-state index is 0.00224. The lowest BCUT2D eigenvalue weighted by Gasteiger charge is -1.94. The molecular weight excluding hydrogens is 278 g/mol. The van der Waals surface area contributed by atoms with Crippen LogP contribution in [0.15, 0.2) is 33.9 Å². The zero-order chi connectivity index (χ0) is 15.2. The smallest absolute Gasteiger partial charge is 0.195 e. The zero-order valence-electron chi connectivity index (χ0n) is 11.7. The SMILES string of the molecule is Cc1cc2c(=O)c3cc4c(cc3c2[nH]1)c(=O)c1cc(N)[nH]c14. The average molecular weight is 289 g/mol. The molecule has 0 aliphatic rings. The summed E-state index contributed by atoms with van der Waals surface area (Å²) >= 11 is 0. The molecule has 0 saturated heterocycles. The van der Waals surface area contributed by atoms with Crippen LogP contribution in [0.5, 0.6) is 0 Å². The first-order valence-corrected chi connectivity index (χ1v) is 7.01. The van der Waals surface area contributed by atoms with Crippen molar-refractivity contribution in [1.82, 2.24) is 9.97 Å². The van der Waals surface area contributed by atoms with Crippen molar-refractivity contribution in [2.24, 2.45) is 0 Å². The minimum atomic E-state index is -0.0510. The largest absolute Gasteiger partial charge is 0.385 e. The monoisotopic (exact) mass is 289 g/mol.